The number of nitrogens with zero attached hydrogens (tertiary/aromatic N) is 1. The Balaban J connectivity index is 1.76. The van der Waals surface area contributed by atoms with Gasteiger partial charge in [-0.2, -0.15) is 0 Å². The second-order valence-corrected chi connectivity index (χ2v) is 5.92. The molecule has 2 aliphatic heterocycles. The standard InChI is InChI=1S/C14H20N2O/c1-2-11-6-7-15-12(10-4-5-10)8-14(11)13(3-1)16-9-17-14/h7-8,10-11,13,16H,1-6,9H2. The van der Waals surface area contributed by atoms with E-state index in [1.54, 1.807) is 0 Å². The smallest absolute Gasteiger partial charge is 0.108 e. The first-order chi connectivity index (χ1) is 8.38. The van der Waals surface area contributed by atoms with E-state index in [0.29, 0.717) is 12.0 Å². The fourth-order valence-electron chi connectivity index (χ4n) is 3.77. The minimum absolute atomic E-state index is 0.0350. The summed E-state index contributed by atoms with van der Waals surface area (Å²) < 4.78 is 6.17. The summed E-state index contributed by atoms with van der Waals surface area (Å²) >= 11 is 0. The molecule has 0 radical (unpaired) electrons. The van der Waals surface area contributed by atoms with Gasteiger partial charge in [0.15, 0.2) is 0 Å². The predicted octanol–water partition coefficient (Wildman–Crippen LogP) is 2.24. The molecular formula is C14H20N2O. The Morgan fingerprint density at radius 1 is 1.29 bits per heavy atom. The Morgan fingerprint density at radius 3 is 3.12 bits per heavy atom. The highest BCUT2D eigenvalue weighted by Crippen LogP contribution is 2.47. The summed E-state index contributed by atoms with van der Waals surface area (Å²) in [5.74, 6) is 1.36. The first kappa shape index (κ1) is 10.3. The van der Waals surface area contributed by atoms with E-state index in [9.17, 15) is 0 Å². The van der Waals surface area contributed by atoms with Crippen molar-refractivity contribution < 1.29 is 4.74 Å². The lowest BCUT2D eigenvalue weighted by Gasteiger charge is -2.41. The van der Waals surface area contributed by atoms with Gasteiger partial charge in [0.05, 0.1) is 6.73 Å². The molecule has 1 spiro atoms. The third-order valence-electron chi connectivity index (χ3n) is 4.88. The summed E-state index contributed by atoms with van der Waals surface area (Å²) in [5, 5.41) is 3.53. The van der Waals surface area contributed by atoms with E-state index in [1.807, 2.05) is 0 Å². The highest BCUT2D eigenvalue weighted by Gasteiger charge is 2.51. The van der Waals surface area contributed by atoms with E-state index in [2.05, 4.69) is 17.6 Å². The molecule has 3 nitrogen and oxygen atoms in total. The zero-order valence-corrected chi connectivity index (χ0v) is 10.2. The molecular weight excluding hydrogens is 212 g/mol. The largest absolute Gasteiger partial charge is 0.354 e. The van der Waals surface area contributed by atoms with Gasteiger partial charge in [0.25, 0.3) is 0 Å². The van der Waals surface area contributed by atoms with Crippen molar-refractivity contribution in [3.63, 3.8) is 0 Å². The molecule has 0 aromatic heterocycles. The van der Waals surface area contributed by atoms with Crippen molar-refractivity contribution in [2.45, 2.75) is 50.2 Å². The summed E-state index contributed by atoms with van der Waals surface area (Å²) in [6, 6.07) is 0.525. The molecule has 2 saturated carbocycles. The third-order valence-corrected chi connectivity index (χ3v) is 4.88. The SMILES string of the molecule is C1=NC(C2CC2)=CC23OCNC2CCCC3C1. The monoisotopic (exact) mass is 232 g/mol. The molecule has 1 N–H and O–H groups in total. The van der Waals surface area contributed by atoms with Crippen LogP contribution in [0.1, 0.15) is 38.5 Å². The summed E-state index contributed by atoms with van der Waals surface area (Å²) in [6.07, 6.45) is 12.1. The van der Waals surface area contributed by atoms with E-state index in [-0.39, 0.29) is 5.60 Å². The van der Waals surface area contributed by atoms with Crippen molar-refractivity contribution in [3.05, 3.63) is 11.8 Å². The Kier molecular flexibility index (Phi) is 2.21. The summed E-state index contributed by atoms with van der Waals surface area (Å²) in [4.78, 5) is 4.69. The molecule has 1 saturated heterocycles. The van der Waals surface area contributed by atoms with Crippen LogP contribution in [0.5, 0.6) is 0 Å². The number of aliphatic imine (C=N–C) groups is 1. The zero-order valence-electron chi connectivity index (χ0n) is 10.2. The van der Waals surface area contributed by atoms with Crippen molar-refractivity contribution in [3.8, 4) is 0 Å². The highest BCUT2D eigenvalue weighted by atomic mass is 16.5. The fraction of sp³-hybridized carbons (Fsp3) is 0.786. The first-order valence-electron chi connectivity index (χ1n) is 7.01. The Hall–Kier alpha value is -0.670. The second-order valence-electron chi connectivity index (χ2n) is 5.92. The lowest BCUT2D eigenvalue weighted by molar-refractivity contribution is -0.0280. The zero-order chi connectivity index (χ0) is 11.3. The van der Waals surface area contributed by atoms with Crippen LogP contribution < -0.4 is 5.32 Å². The Labute approximate surface area is 102 Å². The fourth-order valence-corrected chi connectivity index (χ4v) is 3.77. The number of hydrogen-bond acceptors (Lipinski definition) is 3. The van der Waals surface area contributed by atoms with Crippen molar-refractivity contribution >= 4 is 6.21 Å². The molecule has 2 aliphatic carbocycles. The van der Waals surface area contributed by atoms with Crippen molar-refractivity contribution in [2.75, 3.05) is 6.73 Å². The maximum absolute atomic E-state index is 6.17. The van der Waals surface area contributed by atoms with E-state index in [0.717, 1.165) is 19.1 Å². The van der Waals surface area contributed by atoms with Gasteiger partial charge in [-0.05, 0) is 44.1 Å². The average molecular weight is 232 g/mol. The molecule has 3 heteroatoms. The average Bonchev–Trinajstić information content (AvgIpc) is 3.10. The Morgan fingerprint density at radius 2 is 2.24 bits per heavy atom. The lowest BCUT2D eigenvalue weighted by Crippen LogP contribution is -2.50. The van der Waals surface area contributed by atoms with Crippen LogP contribution in [0.2, 0.25) is 0 Å². The van der Waals surface area contributed by atoms with Crippen LogP contribution in [0, 0.1) is 11.8 Å². The minimum atomic E-state index is -0.0350. The van der Waals surface area contributed by atoms with Gasteiger partial charge in [-0.3, -0.25) is 10.3 Å². The van der Waals surface area contributed by atoms with Crippen molar-refractivity contribution in [1.29, 1.82) is 0 Å². The number of ether oxygens (including phenoxy) is 1. The van der Waals surface area contributed by atoms with Gasteiger partial charge < -0.3 is 4.74 Å². The normalized spacial score (nSPS) is 44.8. The first-order valence-corrected chi connectivity index (χ1v) is 7.01. The van der Waals surface area contributed by atoms with Crippen LogP contribution in [-0.2, 0) is 4.74 Å². The van der Waals surface area contributed by atoms with Crippen LogP contribution in [0.25, 0.3) is 0 Å². The summed E-state index contributed by atoms with van der Waals surface area (Å²) in [7, 11) is 0. The number of nitrogens with one attached hydrogen (secondary N) is 1. The van der Waals surface area contributed by atoms with Crippen LogP contribution in [0.4, 0.5) is 0 Å². The van der Waals surface area contributed by atoms with Crippen LogP contribution >= 0.6 is 0 Å². The van der Waals surface area contributed by atoms with Gasteiger partial charge in [-0.1, -0.05) is 6.42 Å². The predicted molar refractivity (Wildman–Crippen MR) is 66.9 cm³/mol. The molecule has 2 heterocycles. The molecule has 3 atom stereocenters. The van der Waals surface area contributed by atoms with Gasteiger partial charge in [-0.25, -0.2) is 0 Å². The topological polar surface area (TPSA) is 33.6 Å². The van der Waals surface area contributed by atoms with Gasteiger partial charge >= 0.3 is 0 Å². The molecule has 0 aromatic carbocycles. The van der Waals surface area contributed by atoms with Crippen LogP contribution in [0.3, 0.4) is 0 Å². The summed E-state index contributed by atoms with van der Waals surface area (Å²) in [6.45, 7) is 0.718. The molecule has 17 heavy (non-hydrogen) atoms. The third kappa shape index (κ3) is 1.52. The minimum Gasteiger partial charge on any atom is -0.354 e. The van der Waals surface area contributed by atoms with E-state index < -0.39 is 0 Å². The quantitative estimate of drug-likeness (QED) is 0.752. The summed E-state index contributed by atoms with van der Waals surface area (Å²) in [5.41, 5.74) is 1.27. The van der Waals surface area contributed by atoms with E-state index in [4.69, 9.17) is 9.73 Å². The molecule has 3 fully saturated rings. The molecule has 92 valence electrons. The molecule has 4 rings (SSSR count). The number of hydrogen-bond donors (Lipinski definition) is 1. The second kappa shape index (κ2) is 3.66. The molecule has 0 bridgehead atoms. The Bertz CT molecular complexity index is 386. The van der Waals surface area contributed by atoms with Gasteiger partial charge in [0, 0.05) is 23.9 Å². The molecule has 0 amide bonds. The highest BCUT2D eigenvalue weighted by molar-refractivity contribution is 5.61. The molecule has 0 aromatic rings. The van der Waals surface area contributed by atoms with E-state index in [1.165, 1.54) is 37.8 Å². The lowest BCUT2D eigenvalue weighted by atomic mass is 9.71. The maximum atomic E-state index is 6.17. The van der Waals surface area contributed by atoms with Crippen LogP contribution in [0.15, 0.2) is 16.8 Å². The van der Waals surface area contributed by atoms with Crippen LogP contribution in [-0.4, -0.2) is 24.6 Å². The van der Waals surface area contributed by atoms with Gasteiger partial charge in [0.2, 0.25) is 0 Å². The number of rotatable bonds is 1. The van der Waals surface area contributed by atoms with Gasteiger partial charge in [0.1, 0.15) is 5.60 Å². The number of allylic oxidation sites excluding steroid dienone is 1. The van der Waals surface area contributed by atoms with Crippen molar-refractivity contribution in [1.82, 2.24) is 5.32 Å². The maximum Gasteiger partial charge on any atom is 0.108 e. The molecule has 4 aliphatic rings. The van der Waals surface area contributed by atoms with Gasteiger partial charge in [-0.15, -0.1) is 0 Å². The van der Waals surface area contributed by atoms with Crippen molar-refractivity contribution in [2.24, 2.45) is 16.8 Å². The van der Waals surface area contributed by atoms with E-state index >= 15 is 0 Å². The molecule has 3 unspecified atom stereocenters.